The quantitative estimate of drug-likeness (QED) is 0.637. The Morgan fingerprint density at radius 1 is 1.67 bits per heavy atom. The summed E-state index contributed by atoms with van der Waals surface area (Å²) in [5.74, 6) is -1.95. The molecule has 6 nitrogen and oxygen atoms in total. The van der Waals surface area contributed by atoms with Crippen LogP contribution in [0.15, 0.2) is 12.1 Å². The maximum atomic E-state index is 13.1. The van der Waals surface area contributed by atoms with Gasteiger partial charge in [-0.1, -0.05) is 11.6 Å². The lowest BCUT2D eigenvalue weighted by Crippen LogP contribution is -2.20. The fraction of sp³-hybridized carbons (Fsp3) is 0.300. The third kappa shape index (κ3) is 3.56. The van der Waals surface area contributed by atoms with Crippen molar-refractivity contribution in [1.29, 1.82) is 0 Å². The van der Waals surface area contributed by atoms with Crippen LogP contribution in [-0.2, 0) is 4.79 Å². The molecule has 0 saturated carbocycles. The number of carboxylic acids is 1. The van der Waals surface area contributed by atoms with E-state index >= 15 is 0 Å². The predicted octanol–water partition coefficient (Wildman–Crippen LogP) is 2.66. The zero-order chi connectivity index (χ0) is 13.9. The molecule has 98 valence electrons. The van der Waals surface area contributed by atoms with Crippen LogP contribution < -0.4 is 5.32 Å². The van der Waals surface area contributed by atoms with Crippen molar-refractivity contribution in [3.63, 3.8) is 0 Å². The van der Waals surface area contributed by atoms with Crippen molar-refractivity contribution in [3.05, 3.63) is 33.1 Å². The molecule has 0 heterocycles. The number of carbonyl (C=O) groups is 1. The lowest BCUT2D eigenvalue weighted by Gasteiger charge is -2.13. The average molecular weight is 277 g/mol. The van der Waals surface area contributed by atoms with Crippen molar-refractivity contribution in [3.8, 4) is 0 Å². The van der Waals surface area contributed by atoms with E-state index in [1.165, 1.54) is 6.92 Å². The molecule has 0 saturated heterocycles. The van der Waals surface area contributed by atoms with Gasteiger partial charge in [0.15, 0.2) is 0 Å². The number of aliphatic carboxylic acids is 1. The van der Waals surface area contributed by atoms with E-state index in [0.717, 1.165) is 6.07 Å². The number of carboxylic acid groups (broad SMARTS) is 1. The summed E-state index contributed by atoms with van der Waals surface area (Å²) in [4.78, 5) is 20.4. The van der Waals surface area contributed by atoms with Gasteiger partial charge in [0, 0.05) is 6.04 Å². The molecule has 0 aliphatic carbocycles. The van der Waals surface area contributed by atoms with Gasteiger partial charge in [0.2, 0.25) is 0 Å². The van der Waals surface area contributed by atoms with Gasteiger partial charge in [-0.2, -0.15) is 0 Å². The van der Waals surface area contributed by atoms with Crippen molar-refractivity contribution in [1.82, 2.24) is 0 Å². The van der Waals surface area contributed by atoms with Gasteiger partial charge in [0.1, 0.15) is 11.5 Å². The maximum Gasteiger partial charge on any atom is 0.305 e. The monoisotopic (exact) mass is 276 g/mol. The third-order valence-electron chi connectivity index (χ3n) is 2.12. The Labute approximate surface area is 107 Å². The Hall–Kier alpha value is -1.89. The van der Waals surface area contributed by atoms with Gasteiger partial charge in [-0.05, 0) is 13.0 Å². The standard InChI is InChI=1S/C10H10ClFN2O4/c1-5(2-10(15)16)13-8-3-6(11)7(12)4-9(8)14(17)18/h3-5,13H,2H2,1H3,(H,15,16). The lowest BCUT2D eigenvalue weighted by atomic mass is 10.2. The van der Waals surface area contributed by atoms with Crippen LogP contribution in [0.1, 0.15) is 13.3 Å². The fourth-order valence-corrected chi connectivity index (χ4v) is 1.55. The molecule has 0 aliphatic rings. The summed E-state index contributed by atoms with van der Waals surface area (Å²) in [6.45, 7) is 1.54. The second-order valence-electron chi connectivity index (χ2n) is 3.68. The largest absolute Gasteiger partial charge is 0.481 e. The van der Waals surface area contributed by atoms with Crippen molar-refractivity contribution >= 4 is 28.9 Å². The van der Waals surface area contributed by atoms with E-state index in [1.54, 1.807) is 0 Å². The average Bonchev–Trinajstić information content (AvgIpc) is 2.21. The van der Waals surface area contributed by atoms with Gasteiger partial charge in [-0.15, -0.1) is 0 Å². The normalized spacial score (nSPS) is 11.9. The minimum atomic E-state index is -1.05. The highest BCUT2D eigenvalue weighted by molar-refractivity contribution is 6.31. The fourth-order valence-electron chi connectivity index (χ4n) is 1.38. The van der Waals surface area contributed by atoms with Crippen LogP contribution in [0, 0.1) is 15.9 Å². The number of benzene rings is 1. The molecule has 0 aromatic heterocycles. The highest BCUT2D eigenvalue weighted by Crippen LogP contribution is 2.30. The molecular formula is C10H10ClFN2O4. The zero-order valence-electron chi connectivity index (χ0n) is 9.31. The van der Waals surface area contributed by atoms with E-state index < -0.39 is 28.4 Å². The number of hydrogen-bond donors (Lipinski definition) is 2. The molecule has 0 radical (unpaired) electrons. The van der Waals surface area contributed by atoms with E-state index in [4.69, 9.17) is 16.7 Å². The van der Waals surface area contributed by atoms with Gasteiger partial charge < -0.3 is 10.4 Å². The number of hydrogen-bond acceptors (Lipinski definition) is 4. The van der Waals surface area contributed by atoms with Crippen LogP contribution in [0.5, 0.6) is 0 Å². The van der Waals surface area contributed by atoms with Gasteiger partial charge in [0.25, 0.3) is 5.69 Å². The van der Waals surface area contributed by atoms with Crippen LogP contribution in [0.2, 0.25) is 5.02 Å². The number of nitrogens with zero attached hydrogens (tertiary/aromatic N) is 1. The summed E-state index contributed by atoms with van der Waals surface area (Å²) < 4.78 is 13.1. The smallest absolute Gasteiger partial charge is 0.305 e. The summed E-state index contributed by atoms with van der Waals surface area (Å²) in [6, 6.07) is 1.20. The second-order valence-corrected chi connectivity index (χ2v) is 4.09. The maximum absolute atomic E-state index is 13.1. The number of rotatable bonds is 5. The number of anilines is 1. The minimum absolute atomic E-state index is 0.0137. The minimum Gasteiger partial charge on any atom is -0.481 e. The predicted molar refractivity (Wildman–Crippen MR) is 63.4 cm³/mol. The third-order valence-corrected chi connectivity index (χ3v) is 2.41. The molecule has 0 fully saturated rings. The first-order chi connectivity index (χ1) is 8.31. The summed E-state index contributed by atoms with van der Waals surface area (Å²) >= 11 is 5.53. The van der Waals surface area contributed by atoms with Crippen LogP contribution >= 0.6 is 11.6 Å². The molecule has 8 heteroatoms. The van der Waals surface area contributed by atoms with Crippen LogP contribution in [-0.4, -0.2) is 22.0 Å². The number of nitro benzene ring substituents is 1. The zero-order valence-corrected chi connectivity index (χ0v) is 10.1. The van der Waals surface area contributed by atoms with Gasteiger partial charge in [0.05, 0.1) is 22.4 Å². The number of nitrogens with one attached hydrogen (secondary N) is 1. The highest BCUT2D eigenvalue weighted by Gasteiger charge is 2.19. The number of nitro groups is 1. The Balaban J connectivity index is 3.03. The molecule has 0 bridgehead atoms. The second kappa shape index (κ2) is 5.63. The van der Waals surface area contributed by atoms with Crippen LogP contribution in [0.3, 0.4) is 0 Å². The van der Waals surface area contributed by atoms with Crippen LogP contribution in [0.4, 0.5) is 15.8 Å². The van der Waals surface area contributed by atoms with E-state index in [1.807, 2.05) is 0 Å². The molecule has 0 amide bonds. The van der Waals surface area contributed by atoms with Crippen molar-refractivity contribution in [2.45, 2.75) is 19.4 Å². The molecule has 18 heavy (non-hydrogen) atoms. The molecule has 1 unspecified atom stereocenters. The van der Waals surface area contributed by atoms with Crippen molar-refractivity contribution in [2.75, 3.05) is 5.32 Å². The Morgan fingerprint density at radius 3 is 2.78 bits per heavy atom. The molecule has 2 N–H and O–H groups in total. The van der Waals surface area contributed by atoms with E-state index in [9.17, 15) is 19.3 Å². The Bertz CT molecular complexity index is 495. The van der Waals surface area contributed by atoms with Gasteiger partial charge >= 0.3 is 5.97 Å². The summed E-state index contributed by atoms with van der Waals surface area (Å²) in [7, 11) is 0. The first kappa shape index (κ1) is 14.2. The SMILES string of the molecule is CC(CC(=O)O)Nc1cc(Cl)c(F)cc1[N+](=O)[O-]. The van der Waals surface area contributed by atoms with Gasteiger partial charge in [-0.3, -0.25) is 14.9 Å². The van der Waals surface area contributed by atoms with E-state index in [-0.39, 0.29) is 17.1 Å². The Morgan fingerprint density at radius 2 is 2.28 bits per heavy atom. The first-order valence-electron chi connectivity index (χ1n) is 4.93. The Kier molecular flexibility index (Phi) is 4.43. The topological polar surface area (TPSA) is 92.5 Å². The molecule has 1 aromatic carbocycles. The summed E-state index contributed by atoms with van der Waals surface area (Å²) in [5, 5.41) is 21.7. The van der Waals surface area contributed by atoms with Crippen molar-refractivity contribution < 1.29 is 19.2 Å². The van der Waals surface area contributed by atoms with Crippen molar-refractivity contribution in [2.24, 2.45) is 0 Å². The molecule has 1 rings (SSSR count). The molecule has 1 atom stereocenters. The molecule has 0 aliphatic heterocycles. The van der Waals surface area contributed by atoms with E-state index in [0.29, 0.717) is 6.07 Å². The van der Waals surface area contributed by atoms with Gasteiger partial charge in [-0.25, -0.2) is 4.39 Å². The molecular weight excluding hydrogens is 267 g/mol. The summed E-state index contributed by atoms with van der Waals surface area (Å²) in [6.07, 6.45) is -0.230. The highest BCUT2D eigenvalue weighted by atomic mass is 35.5. The number of halogens is 2. The lowest BCUT2D eigenvalue weighted by molar-refractivity contribution is -0.384. The summed E-state index contributed by atoms with van der Waals surface area (Å²) in [5.41, 5.74) is -0.505. The molecule has 1 aromatic rings. The first-order valence-corrected chi connectivity index (χ1v) is 5.30. The van der Waals surface area contributed by atoms with Crippen LogP contribution in [0.25, 0.3) is 0 Å². The molecule has 0 spiro atoms. The van der Waals surface area contributed by atoms with E-state index in [2.05, 4.69) is 5.32 Å².